The molecule has 1 aliphatic heterocycles. The predicted molar refractivity (Wildman–Crippen MR) is 100 cm³/mol. The molecule has 0 aliphatic carbocycles. The maximum atomic E-state index is 13.9. The van der Waals surface area contributed by atoms with Crippen LogP contribution < -0.4 is 14.2 Å². The Morgan fingerprint density at radius 2 is 1.88 bits per heavy atom. The standard InChI is InChI=1S/C20H19FO4S/c1-4-25-19-16(23-2)9-12(10-17(19)24-3)8-13-11-26-20-14(18(13)22)6-5-7-15(20)21/h5-10H,4,11H2,1-3H3/b13-8+. The topological polar surface area (TPSA) is 44.8 Å². The van der Waals surface area contributed by atoms with E-state index in [9.17, 15) is 9.18 Å². The molecular formula is C20H19FO4S. The molecule has 0 saturated carbocycles. The predicted octanol–water partition coefficient (Wildman–Crippen LogP) is 4.61. The number of carbonyl (C=O) groups excluding carboxylic acids is 1. The highest BCUT2D eigenvalue weighted by Crippen LogP contribution is 2.40. The van der Waals surface area contributed by atoms with Gasteiger partial charge in [-0.3, -0.25) is 4.79 Å². The van der Waals surface area contributed by atoms with Crippen molar-refractivity contribution in [1.82, 2.24) is 0 Å². The van der Waals surface area contributed by atoms with E-state index in [-0.39, 0.29) is 11.6 Å². The van der Waals surface area contributed by atoms with Crippen LogP contribution in [0.4, 0.5) is 4.39 Å². The van der Waals surface area contributed by atoms with Crippen LogP contribution in [0, 0.1) is 5.82 Å². The summed E-state index contributed by atoms with van der Waals surface area (Å²) in [6, 6.07) is 8.16. The Morgan fingerprint density at radius 3 is 2.50 bits per heavy atom. The SMILES string of the molecule is CCOc1c(OC)cc(/C=C2\CSc3c(F)cccc3C2=O)cc1OC. The molecule has 0 fully saturated rings. The number of benzene rings is 2. The van der Waals surface area contributed by atoms with Crippen LogP contribution in [0.25, 0.3) is 6.08 Å². The third-order valence-electron chi connectivity index (χ3n) is 3.99. The van der Waals surface area contributed by atoms with Gasteiger partial charge >= 0.3 is 0 Å². The van der Waals surface area contributed by atoms with Crippen molar-refractivity contribution in [2.45, 2.75) is 11.8 Å². The molecular weight excluding hydrogens is 355 g/mol. The van der Waals surface area contributed by atoms with E-state index in [0.29, 0.717) is 45.6 Å². The number of ether oxygens (including phenoxy) is 3. The number of halogens is 1. The summed E-state index contributed by atoms with van der Waals surface area (Å²) in [6.07, 6.45) is 1.78. The minimum Gasteiger partial charge on any atom is -0.493 e. The first-order valence-electron chi connectivity index (χ1n) is 8.14. The second-order valence-corrected chi connectivity index (χ2v) is 6.58. The van der Waals surface area contributed by atoms with Crippen molar-refractivity contribution in [2.24, 2.45) is 0 Å². The Bertz CT molecular complexity index is 851. The van der Waals surface area contributed by atoms with Crippen molar-refractivity contribution in [1.29, 1.82) is 0 Å². The van der Waals surface area contributed by atoms with Crippen molar-refractivity contribution >= 4 is 23.6 Å². The van der Waals surface area contributed by atoms with Crippen molar-refractivity contribution in [2.75, 3.05) is 26.6 Å². The van der Waals surface area contributed by atoms with Crippen LogP contribution in [-0.2, 0) is 0 Å². The molecule has 6 heteroatoms. The number of Topliss-reactive ketones (excluding diaryl/α,β-unsaturated/α-hetero) is 1. The molecule has 0 bridgehead atoms. The lowest BCUT2D eigenvalue weighted by Gasteiger charge is -2.18. The minimum atomic E-state index is -0.357. The lowest BCUT2D eigenvalue weighted by molar-refractivity contribution is 0.103. The summed E-state index contributed by atoms with van der Waals surface area (Å²) in [4.78, 5) is 13.1. The summed E-state index contributed by atoms with van der Waals surface area (Å²) < 4.78 is 30.3. The highest BCUT2D eigenvalue weighted by Gasteiger charge is 2.25. The smallest absolute Gasteiger partial charge is 0.203 e. The van der Waals surface area contributed by atoms with Crippen LogP contribution in [-0.4, -0.2) is 32.4 Å². The molecule has 136 valence electrons. The molecule has 0 radical (unpaired) electrons. The van der Waals surface area contributed by atoms with Gasteiger partial charge in [0.1, 0.15) is 5.82 Å². The van der Waals surface area contributed by atoms with Gasteiger partial charge in [0.2, 0.25) is 5.75 Å². The van der Waals surface area contributed by atoms with Crippen molar-refractivity contribution < 1.29 is 23.4 Å². The molecule has 26 heavy (non-hydrogen) atoms. The monoisotopic (exact) mass is 374 g/mol. The third kappa shape index (κ3) is 3.42. The van der Waals surface area contributed by atoms with E-state index in [0.717, 1.165) is 5.56 Å². The highest BCUT2D eigenvalue weighted by atomic mass is 32.2. The molecule has 0 aromatic heterocycles. The Balaban J connectivity index is 2.01. The fraction of sp³-hybridized carbons (Fsp3) is 0.250. The van der Waals surface area contributed by atoms with E-state index in [4.69, 9.17) is 14.2 Å². The second kappa shape index (κ2) is 7.83. The minimum absolute atomic E-state index is 0.162. The van der Waals surface area contributed by atoms with E-state index in [1.807, 2.05) is 6.92 Å². The molecule has 1 heterocycles. The fourth-order valence-electron chi connectivity index (χ4n) is 2.80. The molecule has 3 rings (SSSR count). The van der Waals surface area contributed by atoms with Crippen molar-refractivity contribution in [3.63, 3.8) is 0 Å². The summed E-state index contributed by atoms with van der Waals surface area (Å²) in [7, 11) is 3.10. The second-order valence-electron chi connectivity index (χ2n) is 5.59. The van der Waals surface area contributed by atoms with E-state index in [1.165, 1.54) is 17.8 Å². The van der Waals surface area contributed by atoms with Gasteiger partial charge < -0.3 is 14.2 Å². The maximum Gasteiger partial charge on any atom is 0.203 e. The molecule has 2 aromatic carbocycles. The molecule has 0 N–H and O–H groups in total. The number of carbonyl (C=O) groups is 1. The molecule has 0 unspecified atom stereocenters. The molecule has 4 nitrogen and oxygen atoms in total. The van der Waals surface area contributed by atoms with Crippen LogP contribution in [0.3, 0.4) is 0 Å². The summed E-state index contributed by atoms with van der Waals surface area (Å²) in [5.41, 5.74) is 1.75. The first-order valence-corrected chi connectivity index (χ1v) is 9.13. The van der Waals surface area contributed by atoms with Crippen LogP contribution in [0.2, 0.25) is 0 Å². The lowest BCUT2D eigenvalue weighted by atomic mass is 10.0. The zero-order valence-electron chi connectivity index (χ0n) is 14.8. The molecule has 0 atom stereocenters. The highest BCUT2D eigenvalue weighted by molar-refractivity contribution is 7.99. The summed E-state index contributed by atoms with van der Waals surface area (Å²) in [5, 5.41) is 0. The number of ketones is 1. The van der Waals surface area contributed by atoms with Crippen LogP contribution in [0.1, 0.15) is 22.8 Å². The third-order valence-corrected chi connectivity index (χ3v) is 5.15. The van der Waals surface area contributed by atoms with Gasteiger partial charge in [0.25, 0.3) is 0 Å². The number of hydrogen-bond donors (Lipinski definition) is 0. The number of thioether (sulfide) groups is 1. The molecule has 1 aliphatic rings. The van der Waals surface area contributed by atoms with E-state index in [1.54, 1.807) is 44.6 Å². The van der Waals surface area contributed by atoms with Crippen molar-refractivity contribution in [3.8, 4) is 17.2 Å². The maximum absolute atomic E-state index is 13.9. The average Bonchev–Trinajstić information content (AvgIpc) is 2.65. The summed E-state index contributed by atoms with van der Waals surface area (Å²) >= 11 is 1.33. The number of hydrogen-bond acceptors (Lipinski definition) is 5. The van der Waals surface area contributed by atoms with Gasteiger partial charge in [-0.05, 0) is 42.8 Å². The molecule has 0 spiro atoms. The number of rotatable bonds is 5. The largest absolute Gasteiger partial charge is 0.493 e. The summed E-state index contributed by atoms with van der Waals surface area (Å²) in [5.74, 6) is 1.47. The zero-order chi connectivity index (χ0) is 18.7. The van der Waals surface area contributed by atoms with Gasteiger partial charge in [0.15, 0.2) is 17.3 Å². The Hall–Kier alpha value is -2.47. The fourth-order valence-corrected chi connectivity index (χ4v) is 3.84. The van der Waals surface area contributed by atoms with Gasteiger partial charge in [-0.15, -0.1) is 11.8 Å². The van der Waals surface area contributed by atoms with Gasteiger partial charge in [-0.25, -0.2) is 4.39 Å². The number of fused-ring (bicyclic) bond motifs is 1. The molecule has 0 amide bonds. The quantitative estimate of drug-likeness (QED) is 0.715. The van der Waals surface area contributed by atoms with E-state index < -0.39 is 0 Å². The number of methoxy groups -OCH3 is 2. The van der Waals surface area contributed by atoms with Crippen LogP contribution in [0.5, 0.6) is 17.2 Å². The van der Waals surface area contributed by atoms with Crippen molar-refractivity contribution in [3.05, 3.63) is 52.8 Å². The van der Waals surface area contributed by atoms with E-state index >= 15 is 0 Å². The first kappa shape index (κ1) is 18.3. The Kier molecular flexibility index (Phi) is 5.52. The first-order chi connectivity index (χ1) is 12.6. The average molecular weight is 374 g/mol. The van der Waals surface area contributed by atoms with Gasteiger partial charge in [-0.1, -0.05) is 6.07 Å². The van der Waals surface area contributed by atoms with Gasteiger partial charge in [-0.2, -0.15) is 0 Å². The van der Waals surface area contributed by atoms with Crippen LogP contribution in [0.15, 0.2) is 40.8 Å². The van der Waals surface area contributed by atoms with Gasteiger partial charge in [0.05, 0.1) is 25.7 Å². The molecule has 2 aromatic rings. The normalized spacial score (nSPS) is 14.9. The zero-order valence-corrected chi connectivity index (χ0v) is 15.6. The van der Waals surface area contributed by atoms with E-state index in [2.05, 4.69) is 0 Å². The Labute approximate surface area is 156 Å². The Morgan fingerprint density at radius 1 is 1.19 bits per heavy atom. The summed E-state index contributed by atoms with van der Waals surface area (Å²) in [6.45, 7) is 2.36. The molecule has 0 saturated heterocycles. The van der Waals surface area contributed by atoms with Gasteiger partial charge in [0, 0.05) is 16.9 Å². The lowest BCUT2D eigenvalue weighted by Crippen LogP contribution is -2.13. The van der Waals surface area contributed by atoms with Crippen LogP contribution >= 0.6 is 11.8 Å².